The Kier molecular flexibility index (Phi) is 8.14. The number of halogens is 1. The molecule has 7 heteroatoms. The number of unbranched alkanes of at least 4 members (excludes halogenated alkanes) is 2. The molecule has 1 atom stereocenters. The fourth-order valence-electron chi connectivity index (χ4n) is 4.44. The summed E-state index contributed by atoms with van der Waals surface area (Å²) in [7, 11) is 0. The summed E-state index contributed by atoms with van der Waals surface area (Å²) in [5.41, 5.74) is 1.27. The second-order valence-corrected chi connectivity index (χ2v) is 9.55. The van der Waals surface area contributed by atoms with Gasteiger partial charge >= 0.3 is 0 Å². The first kappa shape index (κ1) is 25.3. The Morgan fingerprint density at radius 1 is 1.06 bits per heavy atom. The second-order valence-electron chi connectivity index (χ2n) is 9.12. The maximum absolute atomic E-state index is 13.6. The van der Waals surface area contributed by atoms with Crippen molar-refractivity contribution in [2.24, 2.45) is 0 Å². The van der Waals surface area contributed by atoms with Crippen molar-refractivity contribution >= 4 is 28.5 Å². The first-order valence-corrected chi connectivity index (χ1v) is 12.7. The van der Waals surface area contributed by atoms with Crippen LogP contribution < -0.4 is 10.2 Å². The fraction of sp³-hybridized carbons (Fsp3) is 0.429. The minimum Gasteiger partial charge on any atom is -0.494 e. The van der Waals surface area contributed by atoms with Gasteiger partial charge in [0, 0.05) is 18.2 Å². The van der Waals surface area contributed by atoms with Gasteiger partial charge in [0.1, 0.15) is 11.3 Å². The SMILES string of the molecule is CCCCCOc1cccc(C2c3c(oc4ccc(Cl)cc4c3=O)C(=O)N2CCCOC(C)C)c1. The van der Waals surface area contributed by atoms with Crippen LogP contribution in [0.25, 0.3) is 11.0 Å². The lowest BCUT2D eigenvalue weighted by atomic mass is 9.98. The number of carbonyl (C=O) groups is 1. The van der Waals surface area contributed by atoms with Crippen LogP contribution in [0, 0.1) is 0 Å². The summed E-state index contributed by atoms with van der Waals surface area (Å²) < 4.78 is 17.6. The average molecular weight is 498 g/mol. The number of hydrogen-bond donors (Lipinski definition) is 0. The molecule has 1 unspecified atom stereocenters. The summed E-state index contributed by atoms with van der Waals surface area (Å²) in [6, 6.07) is 11.9. The molecule has 1 aliphatic rings. The molecule has 0 radical (unpaired) electrons. The van der Waals surface area contributed by atoms with E-state index in [2.05, 4.69) is 6.92 Å². The van der Waals surface area contributed by atoms with E-state index < -0.39 is 6.04 Å². The zero-order valence-electron chi connectivity index (χ0n) is 20.5. The quantitative estimate of drug-likeness (QED) is 0.288. The van der Waals surface area contributed by atoms with Gasteiger partial charge in [0.2, 0.25) is 5.76 Å². The molecule has 0 N–H and O–H groups in total. The number of fused-ring (bicyclic) bond motifs is 2. The molecule has 0 bridgehead atoms. The molecule has 0 spiro atoms. The van der Waals surface area contributed by atoms with Crippen LogP contribution in [0.15, 0.2) is 51.7 Å². The van der Waals surface area contributed by atoms with Crippen LogP contribution in [0.1, 0.15) is 74.2 Å². The van der Waals surface area contributed by atoms with E-state index in [4.69, 9.17) is 25.5 Å². The van der Waals surface area contributed by atoms with Gasteiger partial charge in [-0.25, -0.2) is 0 Å². The van der Waals surface area contributed by atoms with Gasteiger partial charge in [-0.2, -0.15) is 0 Å². The van der Waals surface area contributed by atoms with Gasteiger partial charge in [-0.15, -0.1) is 0 Å². The van der Waals surface area contributed by atoms with Crippen LogP contribution in [0.2, 0.25) is 5.02 Å². The molecule has 1 amide bonds. The third-order valence-corrected chi connectivity index (χ3v) is 6.35. The van der Waals surface area contributed by atoms with E-state index in [1.165, 1.54) is 0 Å². The molecule has 2 heterocycles. The maximum atomic E-state index is 13.6. The summed E-state index contributed by atoms with van der Waals surface area (Å²) in [4.78, 5) is 28.8. The molecule has 4 rings (SSSR count). The highest BCUT2D eigenvalue weighted by Gasteiger charge is 2.42. The Morgan fingerprint density at radius 3 is 2.66 bits per heavy atom. The minimum absolute atomic E-state index is 0.0915. The average Bonchev–Trinajstić information content (AvgIpc) is 3.12. The molecule has 0 fully saturated rings. The van der Waals surface area contributed by atoms with E-state index in [0.29, 0.717) is 47.7 Å². The van der Waals surface area contributed by atoms with Crippen molar-refractivity contribution < 1.29 is 18.7 Å². The number of rotatable bonds is 11. The lowest BCUT2D eigenvalue weighted by Gasteiger charge is -2.25. The standard InChI is InChI=1S/C28H32ClNO5/c1-4-5-6-14-34-21-10-7-9-19(16-21)25-24-26(31)22-17-20(29)11-12-23(22)35-27(24)28(32)30(25)13-8-15-33-18(2)3/h7,9-12,16-18,25H,4-6,8,13-15H2,1-3H3. The third kappa shape index (κ3) is 5.54. The van der Waals surface area contributed by atoms with E-state index in [9.17, 15) is 9.59 Å². The molecule has 186 valence electrons. The summed E-state index contributed by atoms with van der Waals surface area (Å²) in [6.07, 6.45) is 3.95. The van der Waals surface area contributed by atoms with Crippen molar-refractivity contribution in [2.45, 2.75) is 58.6 Å². The van der Waals surface area contributed by atoms with E-state index in [1.54, 1.807) is 23.1 Å². The van der Waals surface area contributed by atoms with Gasteiger partial charge in [0.05, 0.1) is 29.7 Å². The predicted molar refractivity (Wildman–Crippen MR) is 138 cm³/mol. The van der Waals surface area contributed by atoms with Crippen molar-refractivity contribution in [3.63, 3.8) is 0 Å². The zero-order valence-corrected chi connectivity index (χ0v) is 21.3. The molecule has 6 nitrogen and oxygen atoms in total. The Morgan fingerprint density at radius 2 is 1.89 bits per heavy atom. The van der Waals surface area contributed by atoms with Gasteiger partial charge < -0.3 is 18.8 Å². The van der Waals surface area contributed by atoms with Crippen LogP contribution in [0.4, 0.5) is 0 Å². The Balaban J connectivity index is 1.73. The topological polar surface area (TPSA) is 69.0 Å². The summed E-state index contributed by atoms with van der Waals surface area (Å²) >= 11 is 6.17. The molecular weight excluding hydrogens is 466 g/mol. The number of ether oxygens (including phenoxy) is 2. The van der Waals surface area contributed by atoms with Crippen molar-refractivity contribution in [2.75, 3.05) is 19.8 Å². The Bertz CT molecular complexity index is 1250. The summed E-state index contributed by atoms with van der Waals surface area (Å²) in [5, 5.41) is 0.807. The Hall–Kier alpha value is -2.83. The first-order valence-electron chi connectivity index (χ1n) is 12.3. The molecule has 0 saturated heterocycles. The van der Waals surface area contributed by atoms with E-state index in [0.717, 1.165) is 30.6 Å². The first-order chi connectivity index (χ1) is 16.9. The van der Waals surface area contributed by atoms with Crippen LogP contribution in [0.3, 0.4) is 0 Å². The summed E-state index contributed by atoms with van der Waals surface area (Å²) in [6.45, 7) is 7.68. The van der Waals surface area contributed by atoms with Gasteiger partial charge in [-0.05, 0) is 62.6 Å². The monoisotopic (exact) mass is 497 g/mol. The molecule has 3 aromatic rings. The molecular formula is C28H32ClNO5. The fourth-order valence-corrected chi connectivity index (χ4v) is 4.61. The predicted octanol–water partition coefficient (Wildman–Crippen LogP) is 6.38. The van der Waals surface area contributed by atoms with Crippen molar-refractivity contribution in [3.8, 4) is 5.75 Å². The Labute approximate surface area is 210 Å². The third-order valence-electron chi connectivity index (χ3n) is 6.11. The highest BCUT2D eigenvalue weighted by molar-refractivity contribution is 6.31. The molecule has 1 aliphatic heterocycles. The second kappa shape index (κ2) is 11.3. The van der Waals surface area contributed by atoms with E-state index in [-0.39, 0.29) is 23.2 Å². The molecule has 0 aliphatic carbocycles. The highest BCUT2D eigenvalue weighted by Crippen LogP contribution is 2.39. The number of nitrogens with zero attached hydrogens (tertiary/aromatic N) is 1. The van der Waals surface area contributed by atoms with Crippen LogP contribution >= 0.6 is 11.6 Å². The maximum Gasteiger partial charge on any atom is 0.290 e. The zero-order chi connectivity index (χ0) is 24.9. The van der Waals surface area contributed by atoms with E-state index >= 15 is 0 Å². The van der Waals surface area contributed by atoms with Crippen molar-refractivity contribution in [3.05, 3.63) is 74.6 Å². The molecule has 35 heavy (non-hydrogen) atoms. The lowest BCUT2D eigenvalue weighted by molar-refractivity contribution is 0.0593. The summed E-state index contributed by atoms with van der Waals surface area (Å²) in [5.74, 6) is 0.516. The molecule has 0 saturated carbocycles. The molecule has 2 aromatic carbocycles. The number of benzene rings is 2. The largest absolute Gasteiger partial charge is 0.494 e. The van der Waals surface area contributed by atoms with Crippen molar-refractivity contribution in [1.29, 1.82) is 0 Å². The normalized spacial score (nSPS) is 15.3. The smallest absolute Gasteiger partial charge is 0.290 e. The van der Waals surface area contributed by atoms with Crippen LogP contribution in [-0.2, 0) is 4.74 Å². The van der Waals surface area contributed by atoms with Gasteiger partial charge in [0.15, 0.2) is 5.43 Å². The number of amides is 1. The van der Waals surface area contributed by atoms with Crippen molar-refractivity contribution in [1.82, 2.24) is 4.90 Å². The van der Waals surface area contributed by atoms with Gasteiger partial charge in [-0.3, -0.25) is 9.59 Å². The van der Waals surface area contributed by atoms with Crippen LogP contribution in [-0.4, -0.2) is 36.7 Å². The number of hydrogen-bond acceptors (Lipinski definition) is 5. The highest BCUT2D eigenvalue weighted by atomic mass is 35.5. The minimum atomic E-state index is -0.574. The van der Waals surface area contributed by atoms with Crippen LogP contribution in [0.5, 0.6) is 5.75 Å². The van der Waals surface area contributed by atoms with Gasteiger partial charge in [0.25, 0.3) is 5.91 Å². The van der Waals surface area contributed by atoms with Gasteiger partial charge in [-0.1, -0.05) is 43.5 Å². The lowest BCUT2D eigenvalue weighted by Crippen LogP contribution is -2.31. The van der Waals surface area contributed by atoms with E-state index in [1.807, 2.05) is 38.1 Å². The molecule has 1 aromatic heterocycles. The number of carbonyl (C=O) groups excluding carboxylic acids is 1.